The average Bonchev–Trinajstić information content (AvgIpc) is 2.59. The summed E-state index contributed by atoms with van der Waals surface area (Å²) in [7, 11) is 1.67. The summed E-state index contributed by atoms with van der Waals surface area (Å²) >= 11 is 0. The van der Waals surface area contributed by atoms with Crippen LogP contribution in [-0.4, -0.2) is 29.8 Å². The van der Waals surface area contributed by atoms with Crippen LogP contribution in [-0.2, 0) is 6.42 Å². The Morgan fingerprint density at radius 3 is 3.00 bits per heavy atom. The van der Waals surface area contributed by atoms with E-state index in [4.69, 9.17) is 4.74 Å². The molecule has 1 aromatic carbocycles. The fourth-order valence-electron chi connectivity index (χ4n) is 3.01. The summed E-state index contributed by atoms with van der Waals surface area (Å²) in [6.07, 6.45) is 3.18. The second-order valence-electron chi connectivity index (χ2n) is 5.67. The number of carbonyl (C=O) groups is 1. The topological polar surface area (TPSA) is 84.1 Å². The van der Waals surface area contributed by atoms with Gasteiger partial charge < -0.3 is 10.1 Å². The number of H-pyrrole nitrogens is 1. The molecule has 0 spiro atoms. The monoisotopic (exact) mass is 313 g/mol. The molecule has 1 aliphatic rings. The number of methoxy groups -OCH3 is 1. The summed E-state index contributed by atoms with van der Waals surface area (Å²) in [5.41, 5.74) is 2.45. The van der Waals surface area contributed by atoms with Crippen molar-refractivity contribution < 1.29 is 9.53 Å². The summed E-state index contributed by atoms with van der Waals surface area (Å²) < 4.78 is 5.27. The predicted molar refractivity (Wildman–Crippen MR) is 85.9 cm³/mol. The third kappa shape index (κ3) is 3.41. The van der Waals surface area contributed by atoms with Gasteiger partial charge in [-0.3, -0.25) is 9.59 Å². The molecular formula is C17H19N3O3. The van der Waals surface area contributed by atoms with Gasteiger partial charge >= 0.3 is 0 Å². The fraction of sp³-hybridized carbons (Fsp3) is 0.353. The number of rotatable bonds is 4. The molecule has 0 saturated carbocycles. The molecule has 0 saturated heterocycles. The number of amides is 1. The number of nitrogens with zero attached hydrogens (tertiary/aromatic N) is 1. The maximum Gasteiger partial charge on any atom is 0.271 e. The van der Waals surface area contributed by atoms with Crippen molar-refractivity contribution >= 4 is 5.91 Å². The maximum atomic E-state index is 12.1. The Balaban J connectivity index is 1.69. The number of aryl methyl sites for hydroxylation is 1. The van der Waals surface area contributed by atoms with Crippen LogP contribution in [0.4, 0.5) is 0 Å². The van der Waals surface area contributed by atoms with Crippen molar-refractivity contribution in [1.82, 2.24) is 15.5 Å². The predicted octanol–water partition coefficient (Wildman–Crippen LogP) is 1.63. The molecule has 2 N–H and O–H groups in total. The van der Waals surface area contributed by atoms with Crippen LogP contribution in [0.15, 0.2) is 35.1 Å². The number of aromatic nitrogens is 2. The van der Waals surface area contributed by atoms with Crippen LogP contribution in [0.1, 0.15) is 40.4 Å². The lowest BCUT2D eigenvalue weighted by atomic mass is 9.82. The quantitative estimate of drug-likeness (QED) is 0.898. The largest absolute Gasteiger partial charge is 0.497 e. The summed E-state index contributed by atoms with van der Waals surface area (Å²) in [4.78, 5) is 23.1. The van der Waals surface area contributed by atoms with Crippen molar-refractivity contribution in [1.29, 1.82) is 0 Å². The van der Waals surface area contributed by atoms with Gasteiger partial charge in [0.2, 0.25) is 0 Å². The molecule has 1 atom stereocenters. The summed E-state index contributed by atoms with van der Waals surface area (Å²) in [5, 5.41) is 8.91. The number of carbonyl (C=O) groups excluding carboxylic acids is 1. The van der Waals surface area contributed by atoms with Crippen molar-refractivity contribution in [3.8, 4) is 5.75 Å². The first-order chi connectivity index (χ1) is 11.2. The molecule has 6 nitrogen and oxygen atoms in total. The lowest BCUT2D eigenvalue weighted by Gasteiger charge is -2.26. The first-order valence-electron chi connectivity index (χ1n) is 7.68. The van der Waals surface area contributed by atoms with Crippen molar-refractivity contribution in [2.45, 2.75) is 25.2 Å². The molecule has 0 radical (unpaired) electrons. The molecule has 1 heterocycles. The number of benzene rings is 1. The van der Waals surface area contributed by atoms with Crippen molar-refractivity contribution in [2.24, 2.45) is 0 Å². The second kappa shape index (κ2) is 6.64. The van der Waals surface area contributed by atoms with Crippen LogP contribution in [0.2, 0.25) is 0 Å². The minimum absolute atomic E-state index is 0.218. The summed E-state index contributed by atoms with van der Waals surface area (Å²) in [6, 6.07) is 8.84. The first-order valence-corrected chi connectivity index (χ1v) is 7.68. The van der Waals surface area contributed by atoms with E-state index >= 15 is 0 Å². The van der Waals surface area contributed by atoms with E-state index in [9.17, 15) is 9.59 Å². The number of hydrogen-bond acceptors (Lipinski definition) is 4. The number of fused-ring (bicyclic) bond motifs is 1. The van der Waals surface area contributed by atoms with E-state index in [2.05, 4.69) is 27.6 Å². The van der Waals surface area contributed by atoms with E-state index in [1.807, 2.05) is 6.07 Å². The number of aromatic amines is 1. The van der Waals surface area contributed by atoms with Crippen molar-refractivity contribution in [3.05, 3.63) is 57.5 Å². The Bertz CT molecular complexity index is 749. The normalized spacial score (nSPS) is 16.5. The van der Waals surface area contributed by atoms with E-state index in [0.29, 0.717) is 6.54 Å². The molecular weight excluding hydrogens is 294 g/mol. The zero-order valence-electron chi connectivity index (χ0n) is 13.0. The van der Waals surface area contributed by atoms with E-state index < -0.39 is 0 Å². The number of hydrogen-bond donors (Lipinski definition) is 2. The molecule has 120 valence electrons. The van der Waals surface area contributed by atoms with Gasteiger partial charge in [-0.1, -0.05) is 6.07 Å². The van der Waals surface area contributed by atoms with Crippen LogP contribution in [0.3, 0.4) is 0 Å². The Kier molecular flexibility index (Phi) is 4.41. The van der Waals surface area contributed by atoms with Crippen LogP contribution >= 0.6 is 0 Å². The molecule has 1 aliphatic carbocycles. The van der Waals surface area contributed by atoms with Gasteiger partial charge in [-0.25, -0.2) is 5.10 Å². The highest BCUT2D eigenvalue weighted by Crippen LogP contribution is 2.33. The van der Waals surface area contributed by atoms with Gasteiger partial charge in [0, 0.05) is 18.5 Å². The van der Waals surface area contributed by atoms with Gasteiger partial charge in [-0.2, -0.15) is 5.10 Å². The molecule has 23 heavy (non-hydrogen) atoms. The van der Waals surface area contributed by atoms with E-state index in [0.717, 1.165) is 25.0 Å². The Labute approximate surface area is 133 Å². The van der Waals surface area contributed by atoms with E-state index in [-0.39, 0.29) is 23.1 Å². The molecule has 3 rings (SSSR count). The molecule has 0 fully saturated rings. The summed E-state index contributed by atoms with van der Waals surface area (Å²) in [6.45, 7) is 0.555. The third-order valence-corrected chi connectivity index (χ3v) is 4.21. The highest BCUT2D eigenvalue weighted by Gasteiger charge is 2.21. The van der Waals surface area contributed by atoms with Gasteiger partial charge in [-0.05, 0) is 48.6 Å². The van der Waals surface area contributed by atoms with E-state index in [1.165, 1.54) is 23.3 Å². The first kappa shape index (κ1) is 15.3. The SMILES string of the molecule is COc1ccc2c(c1)CCC[C@H]2CNC(=O)c1ccc(=O)[nH]n1. The number of nitrogens with one attached hydrogen (secondary N) is 2. The number of ether oxygens (including phenoxy) is 1. The van der Waals surface area contributed by atoms with Crippen LogP contribution < -0.4 is 15.6 Å². The van der Waals surface area contributed by atoms with Crippen LogP contribution in [0.5, 0.6) is 5.75 Å². The van der Waals surface area contributed by atoms with Gasteiger partial charge in [0.05, 0.1) is 7.11 Å². The second-order valence-corrected chi connectivity index (χ2v) is 5.67. The Morgan fingerprint density at radius 1 is 1.39 bits per heavy atom. The molecule has 1 amide bonds. The molecule has 2 aromatic rings. The molecule has 0 unspecified atom stereocenters. The minimum atomic E-state index is -0.322. The van der Waals surface area contributed by atoms with Crippen LogP contribution in [0.25, 0.3) is 0 Å². The average molecular weight is 313 g/mol. The molecule has 1 aromatic heterocycles. The Hall–Kier alpha value is -2.63. The zero-order chi connectivity index (χ0) is 16.2. The van der Waals surface area contributed by atoms with Gasteiger partial charge in [0.1, 0.15) is 11.4 Å². The highest BCUT2D eigenvalue weighted by molar-refractivity contribution is 5.92. The zero-order valence-corrected chi connectivity index (χ0v) is 13.0. The third-order valence-electron chi connectivity index (χ3n) is 4.21. The standard InChI is InChI=1S/C17H19N3O3/c1-23-13-5-6-14-11(9-13)3-2-4-12(14)10-18-17(22)15-7-8-16(21)20-19-15/h5-9,12H,2-4,10H2,1H3,(H,18,22)(H,20,21)/t12-/m0/s1. The van der Waals surface area contributed by atoms with Crippen LogP contribution in [0, 0.1) is 0 Å². The van der Waals surface area contributed by atoms with Crippen molar-refractivity contribution in [2.75, 3.05) is 13.7 Å². The molecule has 0 aliphatic heterocycles. The van der Waals surface area contributed by atoms with Gasteiger partial charge in [-0.15, -0.1) is 0 Å². The van der Waals surface area contributed by atoms with Gasteiger partial charge in [0.25, 0.3) is 11.5 Å². The highest BCUT2D eigenvalue weighted by atomic mass is 16.5. The molecule has 0 bridgehead atoms. The lowest BCUT2D eigenvalue weighted by Crippen LogP contribution is -2.31. The summed E-state index contributed by atoms with van der Waals surface area (Å²) in [5.74, 6) is 0.879. The van der Waals surface area contributed by atoms with Gasteiger partial charge in [0.15, 0.2) is 0 Å². The van der Waals surface area contributed by atoms with E-state index in [1.54, 1.807) is 7.11 Å². The Morgan fingerprint density at radius 2 is 2.26 bits per heavy atom. The molecule has 6 heteroatoms. The van der Waals surface area contributed by atoms with Crippen molar-refractivity contribution in [3.63, 3.8) is 0 Å². The maximum absolute atomic E-state index is 12.1. The fourth-order valence-corrected chi connectivity index (χ4v) is 3.01. The lowest BCUT2D eigenvalue weighted by molar-refractivity contribution is 0.0944. The minimum Gasteiger partial charge on any atom is -0.497 e. The smallest absolute Gasteiger partial charge is 0.271 e.